The van der Waals surface area contributed by atoms with E-state index in [1.54, 1.807) is 27.7 Å². The third-order valence-electron chi connectivity index (χ3n) is 1.70. The molecule has 0 saturated carbocycles. The van der Waals surface area contributed by atoms with Crippen molar-refractivity contribution >= 4 is 80.8 Å². The van der Waals surface area contributed by atoms with Crippen LogP contribution in [0.2, 0.25) is 0 Å². The molecule has 0 saturated heterocycles. The summed E-state index contributed by atoms with van der Waals surface area (Å²) in [5.41, 5.74) is 0. The molecule has 0 aliphatic heterocycles. The summed E-state index contributed by atoms with van der Waals surface area (Å²) in [6.07, 6.45) is -1.07. The number of hydrogen-bond donors (Lipinski definition) is 0. The molecular formula is C12H18O4S5. The quantitative estimate of drug-likeness (QED) is 0.457. The minimum Gasteiger partial charge on any atom is -0.448 e. The Morgan fingerprint density at radius 2 is 0.905 bits per heavy atom. The molecule has 0 aromatic heterocycles. The van der Waals surface area contributed by atoms with E-state index in [2.05, 4.69) is 0 Å². The molecule has 21 heavy (non-hydrogen) atoms. The van der Waals surface area contributed by atoms with Crippen LogP contribution >= 0.6 is 60.6 Å². The summed E-state index contributed by atoms with van der Waals surface area (Å²) in [5.74, 6) is 1.02. The summed E-state index contributed by atoms with van der Waals surface area (Å²) >= 11 is 21.1. The molecule has 0 unspecified atom stereocenters. The molecule has 0 aliphatic rings. The zero-order valence-electron chi connectivity index (χ0n) is 12.2. The first-order chi connectivity index (χ1) is 9.70. The number of thiocarbonyl (C=S) groups is 4. The van der Waals surface area contributed by atoms with Crippen molar-refractivity contribution in [3.05, 3.63) is 0 Å². The van der Waals surface area contributed by atoms with Crippen LogP contribution in [0, 0.1) is 0 Å². The van der Waals surface area contributed by atoms with E-state index in [-0.39, 0.29) is 0 Å². The van der Waals surface area contributed by atoms with E-state index in [4.69, 9.17) is 67.8 Å². The van der Waals surface area contributed by atoms with Gasteiger partial charge in [-0.05, 0) is 48.9 Å². The Bertz CT molecular complexity index is 331. The monoisotopic (exact) mass is 386 g/mol. The number of hydrogen-bond acceptors (Lipinski definition) is 9. The highest BCUT2D eigenvalue weighted by molar-refractivity contribution is 7.99. The molecule has 0 bridgehead atoms. The fourth-order valence-electron chi connectivity index (χ4n) is 1.19. The van der Waals surface area contributed by atoms with E-state index in [9.17, 15) is 0 Å². The molecule has 0 radical (unpaired) electrons. The van der Waals surface area contributed by atoms with Gasteiger partial charge in [-0.2, -0.15) is 0 Å². The number of ether oxygens (including phenoxy) is 4. The van der Waals surface area contributed by atoms with E-state index >= 15 is 0 Å². The largest absolute Gasteiger partial charge is 0.448 e. The predicted molar refractivity (Wildman–Crippen MR) is 102 cm³/mol. The second kappa shape index (κ2) is 11.5. The molecule has 0 aliphatic carbocycles. The summed E-state index contributed by atoms with van der Waals surface area (Å²) in [7, 11) is 0. The summed E-state index contributed by atoms with van der Waals surface area (Å²) < 4.78 is 21.5. The van der Waals surface area contributed by atoms with E-state index in [0.717, 1.165) is 0 Å². The van der Waals surface area contributed by atoms with Crippen LogP contribution in [0.25, 0.3) is 0 Å². The van der Waals surface area contributed by atoms with Gasteiger partial charge in [0.1, 0.15) is 0 Å². The second-order valence-corrected chi connectivity index (χ2v) is 7.21. The van der Waals surface area contributed by atoms with Crippen LogP contribution in [0.4, 0.5) is 0 Å². The second-order valence-electron chi connectivity index (χ2n) is 3.83. The zero-order chi connectivity index (χ0) is 16.4. The minimum absolute atomic E-state index is 0.394. The standard InChI is InChI=1S/C12H18O4S5/c1-7(17)13-11(14-8(2)18)5-21-6-12(15-9(3)19)16-10(4)20/h11-12H,5-6H2,1-4H3. The van der Waals surface area contributed by atoms with Crippen LogP contribution in [0.5, 0.6) is 0 Å². The maximum Gasteiger partial charge on any atom is 0.251 e. The van der Waals surface area contributed by atoms with Gasteiger partial charge in [-0.1, -0.05) is 0 Å². The predicted octanol–water partition coefficient (Wildman–Crippen LogP) is 3.83. The highest BCUT2D eigenvalue weighted by atomic mass is 32.2. The van der Waals surface area contributed by atoms with Crippen molar-refractivity contribution in [2.45, 2.75) is 40.3 Å². The molecular weight excluding hydrogens is 368 g/mol. The molecule has 0 heterocycles. The third kappa shape index (κ3) is 13.3. The first-order valence-electron chi connectivity index (χ1n) is 5.97. The number of rotatable bonds is 8. The molecule has 0 aromatic rings. The van der Waals surface area contributed by atoms with Crippen LogP contribution in [0.3, 0.4) is 0 Å². The van der Waals surface area contributed by atoms with Crippen LogP contribution in [0.1, 0.15) is 27.7 Å². The van der Waals surface area contributed by atoms with Gasteiger partial charge in [0.2, 0.25) is 0 Å². The van der Waals surface area contributed by atoms with Crippen molar-refractivity contribution in [3.63, 3.8) is 0 Å². The highest BCUT2D eigenvalue weighted by Crippen LogP contribution is 2.13. The molecule has 0 amide bonds. The minimum atomic E-state index is -0.534. The molecule has 0 N–H and O–H groups in total. The van der Waals surface area contributed by atoms with Crippen molar-refractivity contribution < 1.29 is 18.9 Å². The van der Waals surface area contributed by atoms with Gasteiger partial charge >= 0.3 is 0 Å². The Balaban J connectivity index is 4.34. The first kappa shape index (κ1) is 20.9. The molecule has 9 heteroatoms. The molecule has 0 spiro atoms. The molecule has 0 fully saturated rings. The summed E-state index contributed by atoms with van der Waals surface area (Å²) in [6.45, 7) is 6.70. The van der Waals surface area contributed by atoms with E-state index in [1.165, 1.54) is 11.8 Å². The molecule has 0 rings (SSSR count). The Morgan fingerprint density at radius 3 is 1.10 bits per heavy atom. The Hall–Kier alpha value is -0.0900. The lowest BCUT2D eigenvalue weighted by atomic mass is 10.7. The van der Waals surface area contributed by atoms with Gasteiger partial charge in [-0.25, -0.2) is 0 Å². The lowest BCUT2D eigenvalue weighted by molar-refractivity contribution is 0.00586. The lowest BCUT2D eigenvalue weighted by Gasteiger charge is -2.21. The van der Waals surface area contributed by atoms with Crippen molar-refractivity contribution in [1.29, 1.82) is 0 Å². The van der Waals surface area contributed by atoms with Crippen molar-refractivity contribution in [1.82, 2.24) is 0 Å². The molecule has 0 atom stereocenters. The maximum atomic E-state index is 5.37. The number of thioether (sulfide) groups is 1. The molecule has 0 aromatic carbocycles. The van der Waals surface area contributed by atoms with Crippen LogP contribution in [-0.4, -0.2) is 44.3 Å². The van der Waals surface area contributed by atoms with Crippen LogP contribution < -0.4 is 0 Å². The van der Waals surface area contributed by atoms with E-state index in [0.29, 0.717) is 31.7 Å². The van der Waals surface area contributed by atoms with Crippen LogP contribution in [0.15, 0.2) is 0 Å². The summed E-state index contributed by atoms with van der Waals surface area (Å²) in [5, 5.41) is 1.58. The average molecular weight is 387 g/mol. The normalized spacial score (nSPS) is 10.2. The zero-order valence-corrected chi connectivity index (χ0v) is 16.3. The third-order valence-corrected chi connectivity index (χ3v) is 3.10. The SMILES string of the molecule is CC(=S)OC(CSCC(OC(C)=S)OC(C)=S)OC(C)=S. The molecule has 4 nitrogen and oxygen atoms in total. The first-order valence-corrected chi connectivity index (χ1v) is 8.76. The van der Waals surface area contributed by atoms with Crippen molar-refractivity contribution in [3.8, 4) is 0 Å². The topological polar surface area (TPSA) is 36.9 Å². The fraction of sp³-hybridized carbons (Fsp3) is 0.667. The van der Waals surface area contributed by atoms with Gasteiger partial charge in [-0.15, -0.1) is 11.8 Å². The Labute approximate surface area is 151 Å². The highest BCUT2D eigenvalue weighted by Gasteiger charge is 2.17. The van der Waals surface area contributed by atoms with Crippen LogP contribution in [-0.2, 0) is 18.9 Å². The fourth-order valence-corrected chi connectivity index (χ4v) is 2.41. The smallest absolute Gasteiger partial charge is 0.251 e. The Kier molecular flexibility index (Phi) is 11.4. The average Bonchev–Trinajstić information content (AvgIpc) is 2.24. The van der Waals surface area contributed by atoms with Gasteiger partial charge in [-0.3, -0.25) is 0 Å². The van der Waals surface area contributed by atoms with E-state index in [1.807, 2.05) is 0 Å². The van der Waals surface area contributed by atoms with E-state index < -0.39 is 12.6 Å². The summed E-state index contributed by atoms with van der Waals surface area (Å²) in [6, 6.07) is 0. The lowest BCUT2D eigenvalue weighted by Crippen LogP contribution is -2.27. The van der Waals surface area contributed by atoms with Gasteiger partial charge in [0.15, 0.2) is 20.2 Å². The van der Waals surface area contributed by atoms with Gasteiger partial charge in [0.25, 0.3) is 12.6 Å². The van der Waals surface area contributed by atoms with Gasteiger partial charge < -0.3 is 18.9 Å². The van der Waals surface area contributed by atoms with Crippen molar-refractivity contribution in [2.24, 2.45) is 0 Å². The van der Waals surface area contributed by atoms with Crippen molar-refractivity contribution in [2.75, 3.05) is 11.5 Å². The van der Waals surface area contributed by atoms with Gasteiger partial charge in [0, 0.05) is 27.7 Å². The van der Waals surface area contributed by atoms with Gasteiger partial charge in [0.05, 0.1) is 11.5 Å². The Morgan fingerprint density at radius 1 is 0.667 bits per heavy atom. The maximum absolute atomic E-state index is 5.37. The molecule has 120 valence electrons. The summed E-state index contributed by atoms with van der Waals surface area (Å²) in [4.78, 5) is 0.